The predicted molar refractivity (Wildman–Crippen MR) is 54.0 cm³/mol. The van der Waals surface area contributed by atoms with Gasteiger partial charge in [0.15, 0.2) is 0 Å². The summed E-state index contributed by atoms with van der Waals surface area (Å²) >= 11 is 0. The zero-order chi connectivity index (χ0) is 10.6. The lowest BCUT2D eigenvalue weighted by molar-refractivity contribution is -0.786. The van der Waals surface area contributed by atoms with Gasteiger partial charge in [-0.25, -0.2) is 4.79 Å². The van der Waals surface area contributed by atoms with E-state index in [2.05, 4.69) is 5.32 Å². The molecule has 0 bridgehead atoms. The van der Waals surface area contributed by atoms with E-state index in [9.17, 15) is 4.79 Å². The lowest BCUT2D eigenvalue weighted by atomic mass is 10.3. The number of amides is 1. The van der Waals surface area contributed by atoms with Gasteiger partial charge in [-0.1, -0.05) is 6.07 Å². The van der Waals surface area contributed by atoms with E-state index in [-0.39, 0.29) is 0 Å². The second-order valence-corrected chi connectivity index (χ2v) is 3.17. The molecular formula is C10H15N2O2+. The molecule has 0 saturated carbocycles. The highest BCUT2D eigenvalue weighted by molar-refractivity contribution is 5.70. The van der Waals surface area contributed by atoms with Crippen molar-refractivity contribution in [1.82, 2.24) is 5.32 Å². The first kappa shape index (κ1) is 10.5. The van der Waals surface area contributed by atoms with Crippen LogP contribution in [0.4, 0.5) is 10.5 Å². The molecule has 14 heavy (non-hydrogen) atoms. The molecule has 2 N–H and O–H groups in total. The number of benzene rings is 1. The van der Waals surface area contributed by atoms with Gasteiger partial charge in [0.1, 0.15) is 11.4 Å². The Morgan fingerprint density at radius 3 is 2.71 bits per heavy atom. The minimum atomic E-state index is -0.448. The molecule has 0 aliphatic rings. The molecule has 1 amide bonds. The van der Waals surface area contributed by atoms with E-state index >= 15 is 0 Å². The topological polar surface area (TPSA) is 42.8 Å². The van der Waals surface area contributed by atoms with E-state index in [0.29, 0.717) is 5.75 Å². The smallest absolute Gasteiger partial charge is 0.410 e. The molecule has 4 heteroatoms. The van der Waals surface area contributed by atoms with Crippen LogP contribution in [0.5, 0.6) is 5.75 Å². The number of hydrogen-bond donors (Lipinski definition) is 2. The predicted octanol–water partition coefficient (Wildman–Crippen LogP) is 0.181. The monoisotopic (exact) mass is 195 g/mol. The van der Waals surface area contributed by atoms with Gasteiger partial charge in [-0.3, -0.25) is 0 Å². The van der Waals surface area contributed by atoms with Crippen LogP contribution < -0.4 is 15.0 Å². The summed E-state index contributed by atoms with van der Waals surface area (Å²) in [7, 11) is 5.56. The van der Waals surface area contributed by atoms with Crippen molar-refractivity contribution >= 4 is 11.8 Å². The summed E-state index contributed by atoms with van der Waals surface area (Å²) in [6.07, 6.45) is -0.448. The van der Waals surface area contributed by atoms with E-state index in [1.807, 2.05) is 32.3 Å². The molecule has 0 atom stereocenters. The van der Waals surface area contributed by atoms with Crippen molar-refractivity contribution in [3.63, 3.8) is 0 Å². The molecule has 0 heterocycles. The van der Waals surface area contributed by atoms with Crippen LogP contribution in [-0.4, -0.2) is 27.2 Å². The Morgan fingerprint density at radius 2 is 2.14 bits per heavy atom. The number of carbonyl (C=O) groups is 1. The minimum absolute atomic E-state index is 0.448. The number of ether oxygens (including phenoxy) is 1. The van der Waals surface area contributed by atoms with E-state index in [1.54, 1.807) is 6.07 Å². The highest BCUT2D eigenvalue weighted by Gasteiger charge is 2.05. The summed E-state index contributed by atoms with van der Waals surface area (Å²) in [6.45, 7) is 0. The molecule has 0 aliphatic carbocycles. The maximum absolute atomic E-state index is 10.9. The molecule has 1 aromatic rings. The van der Waals surface area contributed by atoms with Gasteiger partial charge in [0, 0.05) is 13.1 Å². The third-order valence-electron chi connectivity index (χ3n) is 1.83. The van der Waals surface area contributed by atoms with Crippen LogP contribution in [0.25, 0.3) is 0 Å². The zero-order valence-electron chi connectivity index (χ0n) is 8.63. The number of carbonyl (C=O) groups excluding carboxylic acids is 1. The first-order valence-electron chi connectivity index (χ1n) is 4.43. The van der Waals surface area contributed by atoms with E-state index in [4.69, 9.17) is 4.74 Å². The highest BCUT2D eigenvalue weighted by atomic mass is 16.5. The summed E-state index contributed by atoms with van der Waals surface area (Å²) in [5.74, 6) is 0.558. The fraction of sp³-hybridized carbons (Fsp3) is 0.300. The largest absolute Gasteiger partial charge is 0.412 e. The maximum atomic E-state index is 10.9. The van der Waals surface area contributed by atoms with Crippen LogP contribution >= 0.6 is 0 Å². The average Bonchev–Trinajstić information content (AvgIpc) is 2.18. The third kappa shape index (κ3) is 2.74. The molecule has 0 fully saturated rings. The number of rotatable bonds is 2. The molecule has 0 spiro atoms. The normalized spacial score (nSPS) is 10.0. The van der Waals surface area contributed by atoms with Crippen LogP contribution in [0.1, 0.15) is 0 Å². The SMILES string of the molecule is CNC(=O)Oc1cccc([NH+](C)C)c1. The molecule has 0 aromatic heterocycles. The summed E-state index contributed by atoms with van der Waals surface area (Å²) in [5, 5.41) is 2.39. The molecule has 1 rings (SSSR count). The van der Waals surface area contributed by atoms with Crippen LogP contribution in [0.2, 0.25) is 0 Å². The molecule has 4 nitrogen and oxygen atoms in total. The Kier molecular flexibility index (Phi) is 3.48. The van der Waals surface area contributed by atoms with Gasteiger partial charge in [0.2, 0.25) is 0 Å². The fourth-order valence-electron chi connectivity index (χ4n) is 1.03. The van der Waals surface area contributed by atoms with Gasteiger partial charge >= 0.3 is 6.09 Å². The molecule has 0 radical (unpaired) electrons. The van der Waals surface area contributed by atoms with E-state index in [0.717, 1.165) is 5.69 Å². The van der Waals surface area contributed by atoms with Crippen molar-refractivity contribution in [3.05, 3.63) is 24.3 Å². The van der Waals surface area contributed by atoms with Crippen molar-refractivity contribution in [2.24, 2.45) is 0 Å². The summed E-state index contributed by atoms with van der Waals surface area (Å²) in [5.41, 5.74) is 1.08. The van der Waals surface area contributed by atoms with Gasteiger partial charge in [0.25, 0.3) is 0 Å². The van der Waals surface area contributed by atoms with Crippen molar-refractivity contribution in [2.75, 3.05) is 21.1 Å². The van der Waals surface area contributed by atoms with Gasteiger partial charge in [-0.05, 0) is 12.1 Å². The van der Waals surface area contributed by atoms with Crippen molar-refractivity contribution in [2.45, 2.75) is 0 Å². The Balaban J connectivity index is 2.78. The minimum Gasteiger partial charge on any atom is -0.410 e. The zero-order valence-corrected chi connectivity index (χ0v) is 8.63. The van der Waals surface area contributed by atoms with Crippen molar-refractivity contribution < 1.29 is 14.4 Å². The summed E-state index contributed by atoms with van der Waals surface area (Å²) in [6, 6.07) is 7.43. The van der Waals surface area contributed by atoms with Crippen LogP contribution in [0.3, 0.4) is 0 Å². The second-order valence-electron chi connectivity index (χ2n) is 3.17. The van der Waals surface area contributed by atoms with Gasteiger partial charge in [-0.2, -0.15) is 0 Å². The third-order valence-corrected chi connectivity index (χ3v) is 1.83. The molecule has 0 aliphatic heterocycles. The Hall–Kier alpha value is -1.55. The van der Waals surface area contributed by atoms with Gasteiger partial charge in [-0.15, -0.1) is 0 Å². The number of hydrogen-bond acceptors (Lipinski definition) is 2. The van der Waals surface area contributed by atoms with Crippen molar-refractivity contribution in [1.29, 1.82) is 0 Å². The lowest BCUT2D eigenvalue weighted by Crippen LogP contribution is -3.00. The average molecular weight is 195 g/mol. The molecule has 0 saturated heterocycles. The second kappa shape index (κ2) is 4.62. The maximum Gasteiger partial charge on any atom is 0.412 e. The Bertz CT molecular complexity index is 324. The summed E-state index contributed by atoms with van der Waals surface area (Å²) in [4.78, 5) is 12.1. The van der Waals surface area contributed by atoms with Crippen molar-refractivity contribution in [3.8, 4) is 5.75 Å². The molecule has 1 aromatic carbocycles. The Labute approximate surface area is 83.5 Å². The molecule has 76 valence electrons. The number of nitrogens with one attached hydrogen (secondary N) is 2. The summed E-state index contributed by atoms with van der Waals surface area (Å²) < 4.78 is 4.99. The standard InChI is InChI=1S/C10H14N2O2/c1-11-10(13)14-9-6-4-5-8(7-9)12(2)3/h4-7H,1-3H3,(H,11,13)/p+1. The highest BCUT2D eigenvalue weighted by Crippen LogP contribution is 2.13. The van der Waals surface area contributed by atoms with Crippen LogP contribution in [0, 0.1) is 0 Å². The van der Waals surface area contributed by atoms with Crippen LogP contribution in [0.15, 0.2) is 24.3 Å². The first-order chi connectivity index (χ1) is 6.63. The Morgan fingerprint density at radius 1 is 1.43 bits per heavy atom. The fourth-order valence-corrected chi connectivity index (χ4v) is 1.03. The van der Waals surface area contributed by atoms with Crippen LogP contribution in [-0.2, 0) is 0 Å². The van der Waals surface area contributed by atoms with E-state index < -0.39 is 6.09 Å². The quantitative estimate of drug-likeness (QED) is 0.707. The first-order valence-corrected chi connectivity index (χ1v) is 4.43. The number of quaternary nitrogens is 1. The van der Waals surface area contributed by atoms with Gasteiger partial charge in [0.05, 0.1) is 14.1 Å². The van der Waals surface area contributed by atoms with E-state index in [1.165, 1.54) is 11.9 Å². The molecular weight excluding hydrogens is 180 g/mol. The van der Waals surface area contributed by atoms with Gasteiger partial charge < -0.3 is 15.0 Å². The lowest BCUT2D eigenvalue weighted by Gasteiger charge is -2.08. The molecule has 0 unspecified atom stereocenters.